The van der Waals surface area contributed by atoms with Crippen LogP contribution < -0.4 is 5.73 Å². The van der Waals surface area contributed by atoms with Crippen LogP contribution in [-0.4, -0.2) is 57.6 Å². The molecule has 0 saturated heterocycles. The van der Waals surface area contributed by atoms with Crippen LogP contribution in [0.25, 0.3) is 5.76 Å². The van der Waals surface area contributed by atoms with E-state index < -0.39 is 58.8 Å². The molecule has 33 heavy (non-hydrogen) atoms. The predicted octanol–water partition coefficient (Wildman–Crippen LogP) is 0.446. The predicted molar refractivity (Wildman–Crippen MR) is 111 cm³/mol. The molecule has 0 bridgehead atoms. The molecule has 1 aromatic rings. The minimum atomic E-state index is -2.64. The number of carbonyl (C=O) groups is 4. The Morgan fingerprint density at radius 2 is 1.91 bits per heavy atom. The summed E-state index contributed by atoms with van der Waals surface area (Å²) in [5, 5.41) is 32.3. The Kier molecular flexibility index (Phi) is 5.49. The highest BCUT2D eigenvalue weighted by Gasteiger charge is 2.61. The maximum absolute atomic E-state index is 13.4. The van der Waals surface area contributed by atoms with Crippen LogP contribution >= 0.6 is 0 Å². The number of primary amides is 1. The maximum atomic E-state index is 13.4. The van der Waals surface area contributed by atoms with E-state index in [0.717, 1.165) is 0 Å². The Morgan fingerprint density at radius 1 is 1.18 bits per heavy atom. The van der Waals surface area contributed by atoms with E-state index in [1.807, 2.05) is 0 Å². The molecule has 5 N–H and O–H groups in total. The third kappa shape index (κ3) is 3.37. The van der Waals surface area contributed by atoms with E-state index >= 15 is 0 Å². The third-order valence-electron chi connectivity index (χ3n) is 6.45. The van der Waals surface area contributed by atoms with E-state index in [4.69, 9.17) is 15.2 Å². The van der Waals surface area contributed by atoms with Crippen molar-refractivity contribution in [2.45, 2.75) is 31.8 Å². The number of carbonyl (C=O) groups excluding carboxylic acids is 4. The molecular formula is C23H23NO9. The minimum Gasteiger partial charge on any atom is -0.507 e. The lowest BCUT2D eigenvalue weighted by molar-refractivity contribution is -0.160. The van der Waals surface area contributed by atoms with Crippen molar-refractivity contribution in [3.63, 3.8) is 0 Å². The lowest BCUT2D eigenvalue weighted by Crippen LogP contribution is -2.61. The number of benzene rings is 1. The number of amides is 1. The number of aliphatic hydroxyl groups is 2. The lowest BCUT2D eigenvalue weighted by Gasteiger charge is -2.46. The zero-order valence-corrected chi connectivity index (χ0v) is 17.8. The number of ether oxygens (including phenoxy) is 2. The fraction of sp³-hybridized carbons (Fsp3) is 0.391. The molecule has 0 aliphatic heterocycles. The number of hydrogen-bond donors (Lipinski definition) is 4. The Hall–Kier alpha value is -3.66. The van der Waals surface area contributed by atoms with Crippen molar-refractivity contribution < 1.29 is 44.0 Å². The molecule has 0 heterocycles. The van der Waals surface area contributed by atoms with Gasteiger partial charge in [0.1, 0.15) is 22.8 Å². The summed E-state index contributed by atoms with van der Waals surface area (Å²) in [6.07, 6.45) is 0.213. The van der Waals surface area contributed by atoms with Gasteiger partial charge in [0.05, 0.1) is 12.2 Å². The van der Waals surface area contributed by atoms with Gasteiger partial charge in [-0.1, -0.05) is 12.1 Å². The highest BCUT2D eigenvalue weighted by atomic mass is 16.6. The van der Waals surface area contributed by atoms with Gasteiger partial charge in [0.25, 0.3) is 5.91 Å². The van der Waals surface area contributed by atoms with Crippen LogP contribution in [0.3, 0.4) is 0 Å². The summed E-state index contributed by atoms with van der Waals surface area (Å²) in [4.78, 5) is 50.4. The van der Waals surface area contributed by atoms with Gasteiger partial charge in [-0.15, -0.1) is 0 Å². The smallest absolute Gasteiger partial charge is 0.344 e. The normalized spacial score (nSPS) is 26.4. The summed E-state index contributed by atoms with van der Waals surface area (Å²) in [6.45, 7) is 1.14. The van der Waals surface area contributed by atoms with E-state index in [-0.39, 0.29) is 42.1 Å². The van der Waals surface area contributed by atoms with Gasteiger partial charge in [0.15, 0.2) is 12.2 Å². The van der Waals surface area contributed by atoms with Crippen LogP contribution in [0.5, 0.6) is 5.75 Å². The molecule has 10 nitrogen and oxygen atoms in total. The van der Waals surface area contributed by atoms with Crippen molar-refractivity contribution in [3.8, 4) is 5.75 Å². The summed E-state index contributed by atoms with van der Waals surface area (Å²) in [5.74, 6) is -6.65. The minimum absolute atomic E-state index is 0.0755. The number of phenolic OH excluding ortho intramolecular Hbond substituents is 1. The molecule has 1 aromatic carbocycles. The molecule has 0 radical (unpaired) electrons. The number of fused-ring (bicyclic) bond motifs is 3. The van der Waals surface area contributed by atoms with Crippen molar-refractivity contribution in [1.29, 1.82) is 0 Å². The Morgan fingerprint density at radius 3 is 2.58 bits per heavy atom. The van der Waals surface area contributed by atoms with Gasteiger partial charge in [0, 0.05) is 17.9 Å². The fourth-order valence-corrected chi connectivity index (χ4v) is 5.02. The van der Waals surface area contributed by atoms with E-state index in [9.17, 15) is 34.5 Å². The topological polar surface area (TPSA) is 173 Å². The van der Waals surface area contributed by atoms with Crippen molar-refractivity contribution in [3.05, 3.63) is 46.2 Å². The number of ketones is 2. The number of hydrogen-bond acceptors (Lipinski definition) is 9. The highest BCUT2D eigenvalue weighted by molar-refractivity contribution is 6.32. The molecular weight excluding hydrogens is 434 g/mol. The summed E-state index contributed by atoms with van der Waals surface area (Å²) in [6, 6.07) is 4.67. The second-order valence-electron chi connectivity index (χ2n) is 8.29. The van der Waals surface area contributed by atoms with Crippen LogP contribution in [0.2, 0.25) is 0 Å². The SMILES string of the molecule is CCOC(=O)COC1=C(C(N)=O)C(=O)C2(O)C(=O)C3=C(O)c4c(O)cccc4CC3CC2C1. The second-order valence-corrected chi connectivity index (χ2v) is 8.29. The van der Waals surface area contributed by atoms with Crippen molar-refractivity contribution in [2.24, 2.45) is 17.6 Å². The number of nitrogens with two attached hydrogens (primary N) is 1. The highest BCUT2D eigenvalue weighted by Crippen LogP contribution is 2.51. The Labute approximate surface area is 188 Å². The molecule has 3 atom stereocenters. The first kappa shape index (κ1) is 22.5. The summed E-state index contributed by atoms with van der Waals surface area (Å²) >= 11 is 0. The Balaban J connectivity index is 1.77. The summed E-state index contributed by atoms with van der Waals surface area (Å²) in [7, 11) is 0. The zero-order valence-electron chi connectivity index (χ0n) is 17.8. The number of Topliss-reactive ketones (excluding diaryl/α,β-unsaturated/α-hetero) is 2. The van der Waals surface area contributed by atoms with Crippen molar-refractivity contribution in [2.75, 3.05) is 13.2 Å². The molecule has 0 aromatic heterocycles. The first-order valence-electron chi connectivity index (χ1n) is 10.5. The van der Waals surface area contributed by atoms with Gasteiger partial charge in [-0.3, -0.25) is 14.4 Å². The number of esters is 1. The average molecular weight is 457 g/mol. The first-order chi connectivity index (χ1) is 15.6. The van der Waals surface area contributed by atoms with Crippen LogP contribution in [0.4, 0.5) is 0 Å². The average Bonchev–Trinajstić information content (AvgIpc) is 2.74. The number of rotatable bonds is 5. The zero-order chi connectivity index (χ0) is 24.1. The number of phenols is 1. The van der Waals surface area contributed by atoms with Gasteiger partial charge in [-0.25, -0.2) is 4.79 Å². The van der Waals surface area contributed by atoms with Gasteiger partial charge in [-0.05, 0) is 37.3 Å². The number of aliphatic hydroxyl groups excluding tert-OH is 1. The van der Waals surface area contributed by atoms with Crippen LogP contribution in [0.15, 0.2) is 35.1 Å². The van der Waals surface area contributed by atoms with E-state index in [2.05, 4.69) is 0 Å². The molecule has 174 valence electrons. The molecule has 1 saturated carbocycles. The number of aromatic hydroxyl groups is 1. The van der Waals surface area contributed by atoms with E-state index in [1.165, 1.54) is 6.07 Å². The lowest BCUT2D eigenvalue weighted by atomic mass is 9.58. The molecule has 1 fully saturated rings. The Bertz CT molecular complexity index is 1150. The molecule has 3 aliphatic carbocycles. The van der Waals surface area contributed by atoms with E-state index in [1.54, 1.807) is 19.1 Å². The van der Waals surface area contributed by atoms with Crippen LogP contribution in [0.1, 0.15) is 30.9 Å². The fourth-order valence-electron chi connectivity index (χ4n) is 5.02. The largest absolute Gasteiger partial charge is 0.507 e. The van der Waals surface area contributed by atoms with E-state index in [0.29, 0.717) is 12.0 Å². The van der Waals surface area contributed by atoms with Gasteiger partial charge in [-0.2, -0.15) is 0 Å². The molecule has 1 amide bonds. The monoisotopic (exact) mass is 457 g/mol. The van der Waals surface area contributed by atoms with Crippen molar-refractivity contribution in [1.82, 2.24) is 0 Å². The van der Waals surface area contributed by atoms with Crippen LogP contribution in [-0.2, 0) is 35.1 Å². The molecule has 10 heteroatoms. The van der Waals surface area contributed by atoms with Gasteiger partial charge in [0.2, 0.25) is 11.6 Å². The van der Waals surface area contributed by atoms with Gasteiger partial charge < -0.3 is 30.5 Å². The maximum Gasteiger partial charge on any atom is 0.344 e. The molecule has 3 unspecified atom stereocenters. The first-order valence-corrected chi connectivity index (χ1v) is 10.5. The second kappa shape index (κ2) is 8.04. The standard InChI is InChI=1S/C23H23NO9/c1-2-32-15(26)9-33-14-8-12-7-11-6-10-4-3-5-13(25)16(10)19(27)17(11)20(28)23(12,31)21(29)18(14)22(24)30/h3-5,11-12,25,27,31H,2,6-9H2,1H3,(H2,24,30). The third-order valence-corrected chi connectivity index (χ3v) is 6.45. The van der Waals surface area contributed by atoms with Gasteiger partial charge >= 0.3 is 5.97 Å². The molecule has 3 aliphatic rings. The van der Waals surface area contributed by atoms with Crippen molar-refractivity contribution >= 4 is 29.2 Å². The quantitative estimate of drug-likeness (QED) is 0.278. The number of allylic oxidation sites excluding steroid dienone is 1. The molecule has 0 spiro atoms. The molecule has 4 rings (SSSR count). The summed E-state index contributed by atoms with van der Waals surface area (Å²) in [5.41, 5.74) is 2.53. The van der Waals surface area contributed by atoms with Crippen LogP contribution in [0, 0.1) is 11.8 Å². The summed E-state index contributed by atoms with van der Waals surface area (Å²) < 4.78 is 10.1.